The third-order valence-corrected chi connectivity index (χ3v) is 4.33. The van der Waals surface area contributed by atoms with Gasteiger partial charge in [0.15, 0.2) is 0 Å². The van der Waals surface area contributed by atoms with E-state index >= 15 is 0 Å². The summed E-state index contributed by atoms with van der Waals surface area (Å²) in [5, 5.41) is 12.0. The molecule has 0 aromatic heterocycles. The summed E-state index contributed by atoms with van der Waals surface area (Å²) in [4.78, 5) is 23.1. The average Bonchev–Trinajstić information content (AvgIpc) is 2.83. The van der Waals surface area contributed by atoms with Gasteiger partial charge in [-0.3, -0.25) is 9.59 Å². The molecule has 2 rings (SSSR count). The van der Waals surface area contributed by atoms with Gasteiger partial charge in [0, 0.05) is 19.1 Å². The Bertz CT molecular complexity index is 349. The summed E-state index contributed by atoms with van der Waals surface area (Å²) in [5.74, 6) is -1.30. The zero-order chi connectivity index (χ0) is 13.9. The summed E-state index contributed by atoms with van der Waals surface area (Å²) in [7, 11) is 0. The van der Waals surface area contributed by atoms with Gasteiger partial charge in [-0.1, -0.05) is 6.42 Å². The Labute approximate surface area is 113 Å². The number of hydrogen-bond donors (Lipinski definition) is 2. The van der Waals surface area contributed by atoms with Crippen molar-refractivity contribution in [3.63, 3.8) is 0 Å². The second kappa shape index (κ2) is 5.90. The van der Waals surface area contributed by atoms with E-state index in [2.05, 4.69) is 5.32 Å². The van der Waals surface area contributed by atoms with E-state index in [0.29, 0.717) is 19.4 Å². The number of carboxylic acid groups (broad SMARTS) is 1. The highest BCUT2D eigenvalue weighted by molar-refractivity contribution is 5.80. The van der Waals surface area contributed by atoms with Crippen LogP contribution in [0.5, 0.6) is 0 Å². The zero-order valence-corrected chi connectivity index (χ0v) is 11.5. The van der Waals surface area contributed by atoms with Crippen molar-refractivity contribution in [2.24, 2.45) is 11.8 Å². The van der Waals surface area contributed by atoms with Gasteiger partial charge >= 0.3 is 5.97 Å². The molecule has 19 heavy (non-hydrogen) atoms. The largest absolute Gasteiger partial charge is 0.481 e. The van der Waals surface area contributed by atoms with Crippen molar-refractivity contribution in [1.82, 2.24) is 5.32 Å². The van der Waals surface area contributed by atoms with E-state index in [1.54, 1.807) is 0 Å². The van der Waals surface area contributed by atoms with Crippen molar-refractivity contribution in [2.75, 3.05) is 13.2 Å². The molecule has 3 unspecified atom stereocenters. The fourth-order valence-corrected chi connectivity index (χ4v) is 3.05. The number of carboxylic acids is 1. The molecule has 2 aliphatic rings. The summed E-state index contributed by atoms with van der Waals surface area (Å²) >= 11 is 0. The monoisotopic (exact) mass is 269 g/mol. The van der Waals surface area contributed by atoms with Gasteiger partial charge in [-0.2, -0.15) is 0 Å². The molecule has 108 valence electrons. The Morgan fingerprint density at radius 3 is 2.68 bits per heavy atom. The van der Waals surface area contributed by atoms with Crippen molar-refractivity contribution >= 4 is 11.9 Å². The van der Waals surface area contributed by atoms with E-state index in [-0.39, 0.29) is 23.3 Å². The van der Waals surface area contributed by atoms with Crippen molar-refractivity contribution in [1.29, 1.82) is 0 Å². The summed E-state index contributed by atoms with van der Waals surface area (Å²) in [5.41, 5.74) is -0.240. The van der Waals surface area contributed by atoms with Crippen LogP contribution in [0.25, 0.3) is 0 Å². The maximum Gasteiger partial charge on any atom is 0.306 e. The lowest BCUT2D eigenvalue weighted by Crippen LogP contribution is -2.43. The number of aliphatic carboxylic acids is 1. The maximum absolute atomic E-state index is 12.1. The second-order valence-electron chi connectivity index (χ2n) is 6.02. The second-order valence-corrected chi connectivity index (χ2v) is 6.02. The minimum atomic E-state index is -0.774. The van der Waals surface area contributed by atoms with Crippen LogP contribution >= 0.6 is 0 Å². The predicted molar refractivity (Wildman–Crippen MR) is 69.7 cm³/mol. The van der Waals surface area contributed by atoms with Gasteiger partial charge in [0.1, 0.15) is 0 Å². The molecule has 1 amide bonds. The molecule has 2 N–H and O–H groups in total. The highest BCUT2D eigenvalue weighted by Crippen LogP contribution is 2.30. The molecule has 1 saturated carbocycles. The van der Waals surface area contributed by atoms with Crippen LogP contribution in [-0.2, 0) is 14.3 Å². The van der Waals surface area contributed by atoms with E-state index in [1.165, 1.54) is 0 Å². The Morgan fingerprint density at radius 2 is 2.05 bits per heavy atom. The van der Waals surface area contributed by atoms with E-state index in [4.69, 9.17) is 9.84 Å². The first kappa shape index (κ1) is 14.3. The molecule has 5 heteroatoms. The summed E-state index contributed by atoms with van der Waals surface area (Å²) < 4.78 is 5.63. The van der Waals surface area contributed by atoms with Gasteiger partial charge in [0.2, 0.25) is 5.91 Å². The van der Waals surface area contributed by atoms with Crippen LogP contribution < -0.4 is 5.32 Å². The number of amides is 1. The van der Waals surface area contributed by atoms with Gasteiger partial charge in [0.25, 0.3) is 0 Å². The molecule has 0 aromatic carbocycles. The molecule has 1 heterocycles. The number of carbonyl (C=O) groups is 2. The molecule has 5 nitrogen and oxygen atoms in total. The molecular formula is C14H23NO4. The Kier molecular flexibility index (Phi) is 4.45. The van der Waals surface area contributed by atoms with Gasteiger partial charge in [-0.25, -0.2) is 0 Å². The van der Waals surface area contributed by atoms with E-state index in [0.717, 1.165) is 32.3 Å². The van der Waals surface area contributed by atoms with Crippen LogP contribution in [-0.4, -0.2) is 35.7 Å². The first-order valence-corrected chi connectivity index (χ1v) is 7.15. The first-order chi connectivity index (χ1) is 9.00. The van der Waals surface area contributed by atoms with Crippen LogP contribution in [0.1, 0.15) is 45.4 Å². The lowest BCUT2D eigenvalue weighted by molar-refractivity contribution is -0.144. The predicted octanol–water partition coefficient (Wildman–Crippen LogP) is 1.56. The Balaban J connectivity index is 1.80. The SMILES string of the molecule is CC1(CNC(=O)C2CCCC(C(=O)O)C2)CCCO1. The van der Waals surface area contributed by atoms with Gasteiger partial charge < -0.3 is 15.2 Å². The summed E-state index contributed by atoms with van der Waals surface area (Å²) in [6, 6.07) is 0. The zero-order valence-electron chi connectivity index (χ0n) is 11.5. The molecule has 3 atom stereocenters. The summed E-state index contributed by atoms with van der Waals surface area (Å²) in [6.07, 6.45) is 4.79. The van der Waals surface area contributed by atoms with E-state index in [9.17, 15) is 9.59 Å². The van der Waals surface area contributed by atoms with Crippen molar-refractivity contribution in [3.05, 3.63) is 0 Å². The van der Waals surface area contributed by atoms with Gasteiger partial charge in [-0.05, 0) is 39.0 Å². The van der Waals surface area contributed by atoms with Crippen LogP contribution in [0.15, 0.2) is 0 Å². The number of carbonyl (C=O) groups excluding carboxylic acids is 1. The third kappa shape index (κ3) is 3.69. The molecule has 2 fully saturated rings. The Morgan fingerprint density at radius 1 is 1.32 bits per heavy atom. The minimum absolute atomic E-state index is 0.0114. The molecule has 0 bridgehead atoms. The number of nitrogens with one attached hydrogen (secondary N) is 1. The highest BCUT2D eigenvalue weighted by atomic mass is 16.5. The minimum Gasteiger partial charge on any atom is -0.481 e. The highest BCUT2D eigenvalue weighted by Gasteiger charge is 2.34. The molecule has 1 aliphatic heterocycles. The normalized spacial score (nSPS) is 35.0. The standard InChI is InChI=1S/C14H23NO4/c1-14(6-3-7-19-14)9-15-12(16)10-4-2-5-11(8-10)13(17)18/h10-11H,2-9H2,1H3,(H,15,16)(H,17,18). The third-order valence-electron chi connectivity index (χ3n) is 4.33. The van der Waals surface area contributed by atoms with E-state index < -0.39 is 5.97 Å². The maximum atomic E-state index is 12.1. The Hall–Kier alpha value is -1.10. The van der Waals surface area contributed by atoms with Crippen molar-refractivity contribution < 1.29 is 19.4 Å². The lowest BCUT2D eigenvalue weighted by Gasteiger charge is -2.28. The molecule has 0 aromatic rings. The van der Waals surface area contributed by atoms with Crippen LogP contribution in [0.4, 0.5) is 0 Å². The average molecular weight is 269 g/mol. The number of hydrogen-bond acceptors (Lipinski definition) is 3. The topological polar surface area (TPSA) is 75.6 Å². The quantitative estimate of drug-likeness (QED) is 0.812. The number of ether oxygens (including phenoxy) is 1. The molecular weight excluding hydrogens is 246 g/mol. The number of rotatable bonds is 4. The molecule has 1 saturated heterocycles. The van der Waals surface area contributed by atoms with Crippen LogP contribution in [0, 0.1) is 11.8 Å². The van der Waals surface area contributed by atoms with Crippen molar-refractivity contribution in [3.8, 4) is 0 Å². The van der Waals surface area contributed by atoms with Crippen LogP contribution in [0.3, 0.4) is 0 Å². The van der Waals surface area contributed by atoms with E-state index in [1.807, 2.05) is 6.92 Å². The summed E-state index contributed by atoms with van der Waals surface area (Å²) in [6.45, 7) is 3.30. The fourth-order valence-electron chi connectivity index (χ4n) is 3.05. The van der Waals surface area contributed by atoms with Gasteiger partial charge in [-0.15, -0.1) is 0 Å². The smallest absolute Gasteiger partial charge is 0.306 e. The van der Waals surface area contributed by atoms with Crippen LogP contribution in [0.2, 0.25) is 0 Å². The molecule has 0 radical (unpaired) electrons. The first-order valence-electron chi connectivity index (χ1n) is 7.15. The van der Waals surface area contributed by atoms with Gasteiger partial charge in [0.05, 0.1) is 11.5 Å². The fraction of sp³-hybridized carbons (Fsp3) is 0.857. The molecule has 0 spiro atoms. The lowest BCUT2D eigenvalue weighted by atomic mass is 9.81. The van der Waals surface area contributed by atoms with Crippen molar-refractivity contribution in [2.45, 2.75) is 51.0 Å². The molecule has 1 aliphatic carbocycles.